The van der Waals surface area contributed by atoms with E-state index in [1.165, 1.54) is 0 Å². The highest BCUT2D eigenvalue weighted by atomic mass is 16.5. The van der Waals surface area contributed by atoms with Gasteiger partial charge in [0.25, 0.3) is 5.91 Å². The Morgan fingerprint density at radius 3 is 2.49 bits per heavy atom. The second-order valence-electron chi connectivity index (χ2n) is 9.46. The number of nitrogens with one attached hydrogen (secondary N) is 3. The fourth-order valence-corrected chi connectivity index (χ4v) is 4.50. The van der Waals surface area contributed by atoms with Crippen LogP contribution in [0.25, 0.3) is 11.0 Å². The van der Waals surface area contributed by atoms with E-state index in [0.717, 1.165) is 41.9 Å². The Balaban J connectivity index is 1.30. The summed E-state index contributed by atoms with van der Waals surface area (Å²) in [6.45, 7) is 8.00. The Labute approximate surface area is 206 Å². The molecule has 3 N–H and O–H groups in total. The number of aromatic amines is 1. The molecule has 1 fully saturated rings. The summed E-state index contributed by atoms with van der Waals surface area (Å²) < 4.78 is 5.45. The summed E-state index contributed by atoms with van der Waals surface area (Å²) >= 11 is 0. The lowest BCUT2D eigenvalue weighted by Gasteiger charge is -2.33. The molecule has 8 heteroatoms. The van der Waals surface area contributed by atoms with E-state index in [0.29, 0.717) is 31.2 Å². The highest BCUT2D eigenvalue weighted by Crippen LogP contribution is 2.22. The van der Waals surface area contributed by atoms with Crippen LogP contribution in [0, 0.1) is 5.92 Å². The van der Waals surface area contributed by atoms with Crippen molar-refractivity contribution in [3.8, 4) is 5.75 Å². The fourth-order valence-electron chi connectivity index (χ4n) is 4.50. The third-order valence-electron chi connectivity index (χ3n) is 6.28. The number of H-pyrrole nitrogens is 1. The monoisotopic (exact) mass is 477 g/mol. The van der Waals surface area contributed by atoms with Gasteiger partial charge >= 0.3 is 6.03 Å². The number of fused-ring (bicyclic) bond motifs is 1. The summed E-state index contributed by atoms with van der Waals surface area (Å²) in [5.41, 5.74) is 2.51. The number of hydrogen-bond donors (Lipinski definition) is 3. The van der Waals surface area contributed by atoms with Gasteiger partial charge in [0.2, 0.25) is 0 Å². The van der Waals surface area contributed by atoms with Crippen LogP contribution >= 0.6 is 0 Å². The summed E-state index contributed by atoms with van der Waals surface area (Å²) in [5, 5.41) is 6.21. The Morgan fingerprint density at radius 1 is 1.11 bits per heavy atom. The molecule has 8 nitrogen and oxygen atoms in total. The lowest BCUT2D eigenvalue weighted by atomic mass is 10.0. The third kappa shape index (κ3) is 6.32. The number of imidazole rings is 1. The molecule has 1 saturated heterocycles. The zero-order valence-electron chi connectivity index (χ0n) is 20.7. The number of rotatable bonds is 8. The van der Waals surface area contributed by atoms with Gasteiger partial charge in [-0.25, -0.2) is 9.78 Å². The number of urea groups is 1. The molecule has 1 aromatic heterocycles. The molecule has 0 aliphatic carbocycles. The van der Waals surface area contributed by atoms with Crippen LogP contribution < -0.4 is 15.4 Å². The first kappa shape index (κ1) is 24.6. The zero-order chi connectivity index (χ0) is 24.8. The van der Waals surface area contributed by atoms with Gasteiger partial charge < -0.3 is 25.3 Å². The minimum absolute atomic E-state index is 0.0119. The summed E-state index contributed by atoms with van der Waals surface area (Å²) in [7, 11) is 0. The van der Waals surface area contributed by atoms with E-state index in [1.54, 1.807) is 12.1 Å². The molecule has 1 aliphatic heterocycles. The third-order valence-corrected chi connectivity index (χ3v) is 6.28. The van der Waals surface area contributed by atoms with Crippen molar-refractivity contribution < 1.29 is 14.3 Å². The molecule has 4 rings (SSSR count). The number of nitrogens with zero attached hydrogens (tertiary/aromatic N) is 2. The average molecular weight is 478 g/mol. The van der Waals surface area contributed by atoms with Crippen molar-refractivity contribution in [3.05, 3.63) is 59.9 Å². The number of ether oxygens (including phenoxy) is 1. The van der Waals surface area contributed by atoms with E-state index in [-0.39, 0.29) is 24.0 Å². The van der Waals surface area contributed by atoms with Crippen LogP contribution in [0.5, 0.6) is 5.75 Å². The molecule has 1 atom stereocenters. The van der Waals surface area contributed by atoms with Crippen LogP contribution in [-0.4, -0.2) is 52.5 Å². The first-order valence-electron chi connectivity index (χ1n) is 12.5. The Kier molecular flexibility index (Phi) is 7.90. The highest BCUT2D eigenvalue weighted by Gasteiger charge is 2.26. The van der Waals surface area contributed by atoms with Crippen molar-refractivity contribution >= 4 is 23.0 Å². The second-order valence-corrected chi connectivity index (χ2v) is 9.46. The number of amides is 3. The highest BCUT2D eigenvalue weighted by molar-refractivity contribution is 5.94. The van der Waals surface area contributed by atoms with Gasteiger partial charge in [0.1, 0.15) is 11.6 Å². The van der Waals surface area contributed by atoms with Gasteiger partial charge in [-0.3, -0.25) is 4.79 Å². The Bertz CT molecular complexity index is 1100. The van der Waals surface area contributed by atoms with Crippen LogP contribution in [0.4, 0.5) is 4.79 Å². The summed E-state index contributed by atoms with van der Waals surface area (Å²) in [4.78, 5) is 35.6. The molecule has 2 heterocycles. The maximum absolute atomic E-state index is 12.9. The van der Waals surface area contributed by atoms with Crippen molar-refractivity contribution in [3.63, 3.8) is 0 Å². The van der Waals surface area contributed by atoms with Crippen LogP contribution in [0.15, 0.2) is 48.5 Å². The van der Waals surface area contributed by atoms with E-state index in [2.05, 4.69) is 34.4 Å². The average Bonchev–Trinajstić information content (AvgIpc) is 3.28. The predicted molar refractivity (Wildman–Crippen MR) is 136 cm³/mol. The lowest BCUT2D eigenvalue weighted by molar-refractivity contribution is 0.0708. The van der Waals surface area contributed by atoms with E-state index in [1.807, 2.05) is 48.2 Å². The summed E-state index contributed by atoms with van der Waals surface area (Å²) in [5.74, 6) is 1.94. The molecule has 186 valence electrons. The van der Waals surface area contributed by atoms with Gasteiger partial charge in [-0.2, -0.15) is 0 Å². The smallest absolute Gasteiger partial charge is 0.315 e. The SMILES string of the molecule is CCOc1ccc(C(=O)N2CCC(NC(=O)N[C@@H](CC(C)C)c3nc4ccccc4[nH]3)CC2)cc1. The van der Waals surface area contributed by atoms with Crippen LogP contribution in [0.1, 0.15) is 62.3 Å². The zero-order valence-corrected chi connectivity index (χ0v) is 20.7. The van der Waals surface area contributed by atoms with Gasteiger partial charge in [-0.15, -0.1) is 0 Å². The number of benzene rings is 2. The maximum Gasteiger partial charge on any atom is 0.315 e. The normalized spacial score (nSPS) is 15.3. The van der Waals surface area contributed by atoms with Gasteiger partial charge in [0, 0.05) is 24.7 Å². The van der Waals surface area contributed by atoms with Crippen molar-refractivity contribution in [2.24, 2.45) is 5.92 Å². The molecule has 0 bridgehead atoms. The Morgan fingerprint density at radius 2 is 1.83 bits per heavy atom. The van der Waals surface area contributed by atoms with Crippen molar-refractivity contribution in [1.29, 1.82) is 0 Å². The quantitative estimate of drug-likeness (QED) is 0.440. The molecule has 0 radical (unpaired) electrons. The minimum Gasteiger partial charge on any atom is -0.494 e. The number of carbonyl (C=O) groups excluding carboxylic acids is 2. The summed E-state index contributed by atoms with van der Waals surface area (Å²) in [6, 6.07) is 14.7. The minimum atomic E-state index is -0.205. The van der Waals surface area contributed by atoms with Crippen molar-refractivity contribution in [2.75, 3.05) is 19.7 Å². The van der Waals surface area contributed by atoms with E-state index in [4.69, 9.17) is 4.74 Å². The van der Waals surface area contributed by atoms with Crippen LogP contribution in [0.2, 0.25) is 0 Å². The van der Waals surface area contributed by atoms with Gasteiger partial charge in [-0.1, -0.05) is 26.0 Å². The first-order chi connectivity index (χ1) is 16.9. The number of aromatic nitrogens is 2. The molecule has 0 saturated carbocycles. The molecule has 35 heavy (non-hydrogen) atoms. The number of hydrogen-bond acceptors (Lipinski definition) is 4. The topological polar surface area (TPSA) is 99.3 Å². The van der Waals surface area contributed by atoms with Gasteiger partial charge in [-0.05, 0) is 68.5 Å². The Hall–Kier alpha value is -3.55. The molecule has 3 amide bonds. The number of piperidine rings is 1. The van der Waals surface area contributed by atoms with Crippen LogP contribution in [0.3, 0.4) is 0 Å². The van der Waals surface area contributed by atoms with Gasteiger partial charge in [0.05, 0.1) is 23.7 Å². The van der Waals surface area contributed by atoms with Crippen molar-refractivity contribution in [2.45, 2.75) is 52.1 Å². The van der Waals surface area contributed by atoms with Crippen LogP contribution in [-0.2, 0) is 0 Å². The largest absolute Gasteiger partial charge is 0.494 e. The predicted octanol–water partition coefficient (Wildman–Crippen LogP) is 4.65. The number of carbonyl (C=O) groups is 2. The van der Waals surface area contributed by atoms with Crippen molar-refractivity contribution in [1.82, 2.24) is 25.5 Å². The second kappa shape index (κ2) is 11.3. The first-order valence-corrected chi connectivity index (χ1v) is 12.5. The standard InChI is InChI=1S/C27H35N5O3/c1-4-35-21-11-9-19(10-12-21)26(33)32-15-13-20(14-16-32)28-27(34)31-24(17-18(2)3)25-29-22-7-5-6-8-23(22)30-25/h5-12,18,20,24H,4,13-17H2,1-3H3,(H,29,30)(H2,28,31,34)/t24-/m0/s1. The molecule has 3 aromatic rings. The molecule has 0 unspecified atom stereocenters. The lowest BCUT2D eigenvalue weighted by Crippen LogP contribution is -2.49. The van der Waals surface area contributed by atoms with E-state index in [9.17, 15) is 9.59 Å². The molecule has 1 aliphatic rings. The summed E-state index contributed by atoms with van der Waals surface area (Å²) in [6.07, 6.45) is 2.22. The number of para-hydroxylation sites is 2. The van der Waals surface area contributed by atoms with E-state index >= 15 is 0 Å². The van der Waals surface area contributed by atoms with Gasteiger partial charge in [0.15, 0.2) is 0 Å². The molecular weight excluding hydrogens is 442 g/mol. The number of likely N-dealkylation sites (tertiary alicyclic amines) is 1. The maximum atomic E-state index is 12.9. The van der Waals surface area contributed by atoms with E-state index < -0.39 is 0 Å². The molecular formula is C27H35N5O3. The molecule has 0 spiro atoms. The fraction of sp³-hybridized carbons (Fsp3) is 0.444. The molecule has 2 aromatic carbocycles.